The fourth-order valence-electron chi connectivity index (χ4n) is 4.12. The second kappa shape index (κ2) is 20.1. The Bertz CT molecular complexity index is 792. The first-order valence-electron chi connectivity index (χ1n) is 13.4. The van der Waals surface area contributed by atoms with E-state index in [4.69, 9.17) is 27.9 Å². The van der Waals surface area contributed by atoms with Crippen molar-refractivity contribution in [1.29, 1.82) is 0 Å². The van der Waals surface area contributed by atoms with Gasteiger partial charge in [-0.15, -0.1) is 0 Å². The lowest BCUT2D eigenvalue weighted by Gasteiger charge is -2.27. The minimum atomic E-state index is -1.37. The van der Waals surface area contributed by atoms with Crippen LogP contribution in [0.2, 0.25) is 0 Å². The summed E-state index contributed by atoms with van der Waals surface area (Å²) in [6, 6.07) is 4.36. The summed E-state index contributed by atoms with van der Waals surface area (Å²) >= 11 is 11.2. The van der Waals surface area contributed by atoms with Crippen molar-refractivity contribution in [3.8, 4) is 0 Å². The Balaban J connectivity index is 2.47. The number of carbonyl (C=O) groups is 2. The van der Waals surface area contributed by atoms with Crippen LogP contribution in [-0.4, -0.2) is 39.4 Å². The standard InChI is InChI=1S/C27H42Cl2N2O6/c1-2-3-4-5-6-7-8-9-10-11-12-13-14-15-24(33)37-25(23(20-32)30-27(34)26(28)29)21-16-18-22(19-17-21)31(35)36/h16-19,23,25-26,32H,2-15,20H2,1H3,(H,30,34)/t23-,25-/m0/s1. The van der Waals surface area contributed by atoms with E-state index in [1.807, 2.05) is 0 Å². The summed E-state index contributed by atoms with van der Waals surface area (Å²) in [6.45, 7) is 1.68. The van der Waals surface area contributed by atoms with E-state index in [9.17, 15) is 24.8 Å². The number of amides is 1. The molecule has 2 N–H and O–H groups in total. The number of unbranched alkanes of at least 4 members (excludes halogenated alkanes) is 12. The zero-order valence-electron chi connectivity index (χ0n) is 21.8. The first-order valence-corrected chi connectivity index (χ1v) is 14.3. The van der Waals surface area contributed by atoms with Crippen molar-refractivity contribution in [3.63, 3.8) is 0 Å². The average molecular weight is 562 g/mol. The summed E-state index contributed by atoms with van der Waals surface area (Å²) < 4.78 is 5.61. The van der Waals surface area contributed by atoms with Crippen LogP contribution in [0, 0.1) is 10.1 Å². The summed E-state index contributed by atoms with van der Waals surface area (Å²) in [5.41, 5.74) is 0.260. The molecule has 8 nitrogen and oxygen atoms in total. The van der Waals surface area contributed by atoms with Crippen LogP contribution in [0.1, 0.15) is 108 Å². The third-order valence-corrected chi connectivity index (χ3v) is 6.66. The first-order chi connectivity index (χ1) is 17.8. The highest BCUT2D eigenvalue weighted by molar-refractivity contribution is 6.53. The number of rotatable bonds is 21. The van der Waals surface area contributed by atoms with Crippen LogP contribution in [0.25, 0.3) is 0 Å². The maximum Gasteiger partial charge on any atom is 0.306 e. The number of ether oxygens (including phenoxy) is 1. The van der Waals surface area contributed by atoms with Gasteiger partial charge in [-0.3, -0.25) is 19.7 Å². The molecule has 0 bridgehead atoms. The molecule has 2 atom stereocenters. The first kappa shape index (κ1) is 33.1. The average Bonchev–Trinajstić information content (AvgIpc) is 2.88. The van der Waals surface area contributed by atoms with Gasteiger partial charge >= 0.3 is 5.97 Å². The van der Waals surface area contributed by atoms with Crippen LogP contribution in [0.3, 0.4) is 0 Å². The number of benzene rings is 1. The van der Waals surface area contributed by atoms with Crippen molar-refractivity contribution in [1.82, 2.24) is 5.32 Å². The van der Waals surface area contributed by atoms with Crippen molar-refractivity contribution in [2.24, 2.45) is 0 Å². The van der Waals surface area contributed by atoms with Gasteiger partial charge in [-0.1, -0.05) is 107 Å². The predicted octanol–water partition coefficient (Wildman–Crippen LogP) is 6.94. The zero-order chi connectivity index (χ0) is 27.5. The molecule has 1 aromatic carbocycles. The van der Waals surface area contributed by atoms with Crippen molar-refractivity contribution in [2.45, 2.75) is 114 Å². The number of halogens is 2. The zero-order valence-corrected chi connectivity index (χ0v) is 23.4. The highest BCUT2D eigenvalue weighted by Gasteiger charge is 2.30. The van der Waals surface area contributed by atoms with Gasteiger partial charge in [0.2, 0.25) is 0 Å². The quantitative estimate of drug-likeness (QED) is 0.0552. The second-order valence-corrected chi connectivity index (χ2v) is 10.4. The number of nitrogens with one attached hydrogen (secondary N) is 1. The Hall–Kier alpha value is -1.90. The molecule has 0 heterocycles. The number of nitrogens with zero attached hydrogens (tertiary/aromatic N) is 1. The number of hydrogen-bond acceptors (Lipinski definition) is 6. The molecule has 0 spiro atoms. The molecule has 0 aliphatic rings. The molecule has 37 heavy (non-hydrogen) atoms. The molecule has 1 rings (SSSR count). The lowest BCUT2D eigenvalue weighted by atomic mass is 10.0. The van der Waals surface area contributed by atoms with Crippen LogP contribution >= 0.6 is 23.2 Å². The van der Waals surface area contributed by atoms with Gasteiger partial charge in [-0.25, -0.2) is 0 Å². The molecule has 0 saturated carbocycles. The third kappa shape index (κ3) is 14.6. The Kier molecular flexibility index (Phi) is 18.0. The van der Waals surface area contributed by atoms with Crippen LogP contribution in [-0.2, 0) is 14.3 Å². The van der Waals surface area contributed by atoms with E-state index in [0.717, 1.165) is 19.3 Å². The van der Waals surface area contributed by atoms with Crippen LogP contribution < -0.4 is 5.32 Å². The molecule has 10 heteroatoms. The SMILES string of the molecule is CCCCCCCCCCCCCCCC(=O)O[C@@H](c1ccc([N+](=O)[O-])cc1)[C@H](CO)NC(=O)C(Cl)Cl. The molecule has 0 radical (unpaired) electrons. The molecule has 210 valence electrons. The molecule has 0 aliphatic heterocycles. The Morgan fingerprint density at radius 3 is 1.84 bits per heavy atom. The normalized spacial score (nSPS) is 12.8. The number of carbonyl (C=O) groups excluding carboxylic acids is 2. The number of esters is 1. The predicted molar refractivity (Wildman–Crippen MR) is 147 cm³/mol. The van der Waals surface area contributed by atoms with Crippen LogP contribution in [0.5, 0.6) is 0 Å². The largest absolute Gasteiger partial charge is 0.455 e. The molecule has 0 aromatic heterocycles. The molecule has 0 aliphatic carbocycles. The number of non-ortho nitro benzene ring substituents is 1. The molecule has 0 fully saturated rings. The molecule has 0 unspecified atom stereocenters. The monoisotopic (exact) mass is 560 g/mol. The van der Waals surface area contributed by atoms with E-state index < -0.39 is 40.4 Å². The molecule has 0 saturated heterocycles. The van der Waals surface area contributed by atoms with Crippen molar-refractivity contribution >= 4 is 40.8 Å². The van der Waals surface area contributed by atoms with E-state index in [1.165, 1.54) is 82.1 Å². The number of aliphatic hydroxyl groups excluding tert-OH is 1. The van der Waals surface area contributed by atoms with Gasteiger partial charge in [0.25, 0.3) is 11.6 Å². The highest BCUT2D eigenvalue weighted by atomic mass is 35.5. The van der Waals surface area contributed by atoms with E-state index in [-0.39, 0.29) is 12.1 Å². The Labute approximate surface area is 230 Å². The second-order valence-electron chi connectivity index (χ2n) is 9.35. The minimum absolute atomic E-state index is 0.132. The molecular formula is C27H42Cl2N2O6. The molecule has 1 aromatic rings. The lowest BCUT2D eigenvalue weighted by Crippen LogP contribution is -2.45. The van der Waals surface area contributed by atoms with Gasteiger partial charge in [-0.05, 0) is 24.1 Å². The van der Waals surface area contributed by atoms with E-state index in [2.05, 4.69) is 12.2 Å². The van der Waals surface area contributed by atoms with Gasteiger partial charge in [0.05, 0.1) is 17.6 Å². The van der Waals surface area contributed by atoms with Gasteiger partial charge < -0.3 is 15.2 Å². The number of hydrogen-bond donors (Lipinski definition) is 2. The van der Waals surface area contributed by atoms with Crippen molar-refractivity contribution in [3.05, 3.63) is 39.9 Å². The fourth-order valence-corrected chi connectivity index (χ4v) is 4.24. The summed E-state index contributed by atoms with van der Waals surface area (Å²) in [5, 5.41) is 23.3. The van der Waals surface area contributed by atoms with E-state index in [1.54, 1.807) is 0 Å². The maximum absolute atomic E-state index is 12.6. The Morgan fingerprint density at radius 1 is 0.919 bits per heavy atom. The smallest absolute Gasteiger partial charge is 0.306 e. The lowest BCUT2D eigenvalue weighted by molar-refractivity contribution is -0.384. The fraction of sp³-hybridized carbons (Fsp3) is 0.704. The topological polar surface area (TPSA) is 119 Å². The number of nitro benzene ring substituents is 1. The van der Waals surface area contributed by atoms with Crippen LogP contribution in [0.15, 0.2) is 24.3 Å². The minimum Gasteiger partial charge on any atom is -0.455 e. The number of aliphatic hydroxyl groups is 1. The Morgan fingerprint density at radius 2 is 1.41 bits per heavy atom. The maximum atomic E-state index is 12.6. The van der Waals surface area contributed by atoms with Crippen LogP contribution in [0.4, 0.5) is 5.69 Å². The van der Waals surface area contributed by atoms with Gasteiger partial charge in [0.15, 0.2) is 4.84 Å². The highest BCUT2D eigenvalue weighted by Crippen LogP contribution is 2.25. The summed E-state index contributed by atoms with van der Waals surface area (Å²) in [4.78, 5) is 33.6. The van der Waals surface area contributed by atoms with Crippen molar-refractivity contribution in [2.75, 3.05) is 6.61 Å². The number of nitro groups is 1. The summed E-state index contributed by atoms with van der Waals surface area (Å²) in [7, 11) is 0. The molecule has 1 amide bonds. The molecular weight excluding hydrogens is 519 g/mol. The summed E-state index contributed by atoms with van der Waals surface area (Å²) in [6.07, 6.45) is 14.6. The van der Waals surface area contributed by atoms with Gasteiger partial charge in [0.1, 0.15) is 6.10 Å². The van der Waals surface area contributed by atoms with Crippen molar-refractivity contribution < 1.29 is 24.4 Å². The van der Waals surface area contributed by atoms with E-state index >= 15 is 0 Å². The number of alkyl halides is 2. The third-order valence-electron chi connectivity index (χ3n) is 6.26. The van der Waals surface area contributed by atoms with E-state index in [0.29, 0.717) is 12.0 Å². The van der Waals surface area contributed by atoms with Gasteiger partial charge in [0, 0.05) is 18.6 Å². The summed E-state index contributed by atoms with van der Waals surface area (Å²) in [5.74, 6) is -1.23. The van der Waals surface area contributed by atoms with Gasteiger partial charge in [-0.2, -0.15) is 0 Å².